The maximum absolute atomic E-state index is 14.8. The fourth-order valence-electron chi connectivity index (χ4n) is 4.77. The van der Waals surface area contributed by atoms with Crippen molar-refractivity contribution < 1.29 is 40.2 Å². The molecule has 3 aromatic carbocycles. The molecule has 1 amide bonds. The molecule has 1 aliphatic carbocycles. The average Bonchev–Trinajstić information content (AvgIpc) is 3.23. The first kappa shape index (κ1) is 21.9. The third kappa shape index (κ3) is 8.73. The largest absolute Gasteiger partial charge is 0.416 e. The highest BCUT2D eigenvalue weighted by Gasteiger charge is 2.30. The summed E-state index contributed by atoms with van der Waals surface area (Å²) in [4.78, 5) is 33.8. The Bertz CT molecular complexity index is 2320. The number of hydrogen-bond donors (Lipinski definition) is 0. The van der Waals surface area contributed by atoms with Crippen LogP contribution in [0.2, 0.25) is 0 Å². The van der Waals surface area contributed by atoms with Crippen molar-refractivity contribution in [1.82, 2.24) is 19.4 Å². The first-order valence-corrected chi connectivity index (χ1v) is 15.4. The van der Waals surface area contributed by atoms with Gasteiger partial charge in [-0.05, 0) is 78.2 Å². The Morgan fingerprint density at radius 3 is 2.19 bits per heavy atom. The Kier molecular flexibility index (Phi) is 7.07. The fraction of sp³-hybridized carbons (Fsp3) is 0.378. The number of aromatic nitrogens is 2. The van der Waals surface area contributed by atoms with Crippen molar-refractivity contribution in [2.24, 2.45) is 5.89 Å². The molecule has 4 aromatic rings. The molecular formula is C37H40F4N4O2S. The zero-order chi connectivity index (χ0) is 46.1. The Morgan fingerprint density at radius 1 is 0.979 bits per heavy atom. The zero-order valence-corrected chi connectivity index (χ0v) is 26.9. The van der Waals surface area contributed by atoms with E-state index >= 15 is 0 Å². The third-order valence-corrected chi connectivity index (χ3v) is 8.08. The van der Waals surface area contributed by atoms with E-state index in [0.29, 0.717) is 11.1 Å². The molecule has 48 heavy (non-hydrogen) atoms. The summed E-state index contributed by atoms with van der Waals surface area (Å²) in [6, 6.07) is 14.2. The van der Waals surface area contributed by atoms with Crippen LogP contribution in [0.1, 0.15) is 66.5 Å². The number of nitrogens with zero attached hydrogens (tertiary/aromatic N) is 4. The number of rotatable bonds is 13. The van der Waals surface area contributed by atoms with Crippen LogP contribution in [0.15, 0.2) is 82.7 Å². The maximum Gasteiger partial charge on any atom is 0.416 e. The lowest BCUT2D eigenvalue weighted by molar-refractivity contribution is -0.137. The summed E-state index contributed by atoms with van der Waals surface area (Å²) in [6.07, 6.45) is -11.0. The van der Waals surface area contributed by atoms with Gasteiger partial charge in [-0.1, -0.05) is 81.1 Å². The number of halogens is 4. The Hall–Kier alpha value is -3.96. The number of carbonyl (C=O) groups is 1. The van der Waals surface area contributed by atoms with Crippen molar-refractivity contribution in [3.8, 4) is 11.1 Å². The molecule has 5 rings (SSSR count). The van der Waals surface area contributed by atoms with Gasteiger partial charge in [0.1, 0.15) is 12.3 Å². The molecule has 1 aliphatic rings. The molecule has 6 nitrogen and oxygen atoms in total. The SMILES string of the molecule is [2H]C([2H])(Sc1nc(=O)c2c(n1C([2H])([2H])C(=O)N(CCN(C([2H])([2H])C)C([2H])([2H])C)Cc1ccc(-c3ccc(C(F)(F)F)cc3)cc1)C([2H])([2H])C([2H])(C)C2([2H])[2H])c1ccc(F)cc1. The summed E-state index contributed by atoms with van der Waals surface area (Å²) in [5.74, 6) is -5.12. The first-order valence-electron chi connectivity index (χ1n) is 21.1. The lowest BCUT2D eigenvalue weighted by atomic mass is 10.0. The molecule has 0 spiro atoms. The second-order valence-corrected chi connectivity index (χ2v) is 11.3. The van der Waals surface area contributed by atoms with Crippen LogP contribution in [0.3, 0.4) is 0 Å². The first-order chi connectivity index (χ1) is 27.7. The predicted octanol–water partition coefficient (Wildman–Crippen LogP) is 7.47. The second-order valence-electron chi connectivity index (χ2n) is 10.6. The third-order valence-electron chi connectivity index (χ3n) is 7.29. The van der Waals surface area contributed by atoms with E-state index in [1.165, 1.54) is 36.4 Å². The molecule has 0 saturated carbocycles. The van der Waals surface area contributed by atoms with E-state index in [-0.39, 0.29) is 27.5 Å². The van der Waals surface area contributed by atoms with Crippen LogP contribution in [0.4, 0.5) is 17.6 Å². The van der Waals surface area contributed by atoms with Crippen LogP contribution in [0.25, 0.3) is 11.1 Å². The molecular weight excluding hydrogens is 640 g/mol. The van der Waals surface area contributed by atoms with Gasteiger partial charge < -0.3 is 14.4 Å². The van der Waals surface area contributed by atoms with Crippen LogP contribution in [-0.2, 0) is 42.5 Å². The van der Waals surface area contributed by atoms with Crippen molar-refractivity contribution in [2.45, 2.75) is 63.6 Å². The van der Waals surface area contributed by atoms with Gasteiger partial charge in [0.25, 0.3) is 5.56 Å². The minimum absolute atomic E-state index is 0.0311. The van der Waals surface area contributed by atoms with Gasteiger partial charge in [-0.15, -0.1) is 0 Å². The predicted molar refractivity (Wildman–Crippen MR) is 181 cm³/mol. The van der Waals surface area contributed by atoms with Crippen LogP contribution >= 0.6 is 11.8 Å². The average molecular weight is 694 g/mol. The van der Waals surface area contributed by atoms with Gasteiger partial charge in [-0.3, -0.25) is 9.59 Å². The molecule has 11 heteroatoms. The van der Waals surface area contributed by atoms with E-state index in [1.807, 2.05) is 0 Å². The monoisotopic (exact) mass is 693 g/mol. The van der Waals surface area contributed by atoms with Gasteiger partial charge in [-0.2, -0.15) is 18.2 Å². The summed E-state index contributed by atoms with van der Waals surface area (Å²) in [6.45, 7) is -7.03. The summed E-state index contributed by atoms with van der Waals surface area (Å²) < 4.78 is 167. The number of alkyl halides is 3. The van der Waals surface area contributed by atoms with Gasteiger partial charge >= 0.3 is 6.18 Å². The number of carbonyl (C=O) groups excluding carboxylic acids is 1. The molecule has 1 heterocycles. The van der Waals surface area contributed by atoms with E-state index in [0.717, 1.165) is 67.0 Å². The molecule has 1 aromatic heterocycles. The molecule has 1 unspecified atom stereocenters. The fourth-order valence-corrected chi connectivity index (χ4v) is 5.48. The number of benzene rings is 3. The van der Waals surface area contributed by atoms with Gasteiger partial charge in [0.15, 0.2) is 5.16 Å². The minimum atomic E-state index is -4.57. The maximum atomic E-state index is 14.8. The number of amides is 1. The second kappa shape index (κ2) is 15.5. The summed E-state index contributed by atoms with van der Waals surface area (Å²) in [7, 11) is 0. The molecule has 1 atom stereocenters. The van der Waals surface area contributed by atoms with Gasteiger partial charge in [-0.25, -0.2) is 4.39 Å². The van der Waals surface area contributed by atoms with Crippen molar-refractivity contribution in [1.29, 1.82) is 0 Å². The highest BCUT2D eigenvalue weighted by atomic mass is 32.2. The van der Waals surface area contributed by atoms with Crippen molar-refractivity contribution in [3.05, 3.63) is 117 Å². The van der Waals surface area contributed by atoms with Crippen molar-refractivity contribution >= 4 is 17.7 Å². The Labute approximate surface area is 301 Å². The standard InChI is InChI=1S/C37H40F4N4O2S/c1-4-43(5-2)18-19-44(22-26-6-10-28(11-7-26)29-12-14-30(15-13-29)37(39,40)41)34(46)23-45-33-21-25(3)20-32(33)35(47)42-36(45)48-24-27-8-16-31(38)17-9-27/h6-17,25H,4-5,18-24H2,1-3H3/i4D2,5D2,20D2,21D2,23D2,24D2,25D. The molecule has 0 N–H and O–H groups in total. The van der Waals surface area contributed by atoms with Crippen LogP contribution in [0.5, 0.6) is 0 Å². The number of hydrogen-bond acceptors (Lipinski definition) is 5. The zero-order valence-electron chi connectivity index (χ0n) is 39.1. The normalized spacial score (nSPS) is 23.2. The van der Waals surface area contributed by atoms with E-state index in [4.69, 9.17) is 15.1 Å². The van der Waals surface area contributed by atoms with E-state index in [1.54, 1.807) is 0 Å². The number of fused-ring (bicyclic) bond motifs is 1. The minimum Gasteiger partial charge on any atom is -0.336 e. The van der Waals surface area contributed by atoms with Crippen molar-refractivity contribution in [3.63, 3.8) is 0 Å². The van der Waals surface area contributed by atoms with E-state index in [9.17, 15) is 29.9 Å². The number of likely N-dealkylation sites (N-methyl/N-ethyl adjacent to an activating group) is 1. The topological polar surface area (TPSA) is 58.4 Å². The van der Waals surface area contributed by atoms with Crippen LogP contribution in [-0.4, -0.2) is 51.3 Å². The molecule has 254 valence electrons. The molecule has 0 saturated heterocycles. The molecule has 0 radical (unpaired) electrons. The van der Waals surface area contributed by atoms with Gasteiger partial charge in [0.2, 0.25) is 5.91 Å². The highest BCUT2D eigenvalue weighted by molar-refractivity contribution is 7.98. The Morgan fingerprint density at radius 2 is 1.58 bits per heavy atom. The van der Waals surface area contributed by atoms with Crippen LogP contribution < -0.4 is 5.56 Å². The quantitative estimate of drug-likeness (QED) is 0.0827. The van der Waals surface area contributed by atoms with Gasteiger partial charge in [0, 0.05) is 51.7 Å². The number of thioether (sulfide) groups is 1. The van der Waals surface area contributed by atoms with E-state index in [2.05, 4.69) is 4.98 Å². The lowest BCUT2D eigenvalue weighted by Gasteiger charge is -2.28. The lowest BCUT2D eigenvalue weighted by Crippen LogP contribution is -2.40. The van der Waals surface area contributed by atoms with Crippen molar-refractivity contribution in [2.75, 3.05) is 26.1 Å². The van der Waals surface area contributed by atoms with E-state index < -0.39 is 109 Å². The summed E-state index contributed by atoms with van der Waals surface area (Å²) >= 11 is 0.0311. The van der Waals surface area contributed by atoms with Crippen LogP contribution in [0, 0.1) is 11.7 Å². The Balaban J connectivity index is 1.67. The summed E-state index contributed by atoms with van der Waals surface area (Å²) in [5, 5.41) is -0.953. The molecule has 0 aliphatic heterocycles. The molecule has 0 fully saturated rings. The summed E-state index contributed by atoms with van der Waals surface area (Å²) in [5.41, 5.74) is -6.31. The highest BCUT2D eigenvalue weighted by Crippen LogP contribution is 2.32. The van der Waals surface area contributed by atoms with Gasteiger partial charge in [0.05, 0.1) is 8.30 Å². The molecule has 0 bridgehead atoms. The smallest absolute Gasteiger partial charge is 0.336 e.